The summed E-state index contributed by atoms with van der Waals surface area (Å²) in [4.78, 5) is 11.8. The minimum atomic E-state index is -1.06. The number of amides is 1. The van der Waals surface area contributed by atoms with Crippen LogP contribution in [0.2, 0.25) is 0 Å². The van der Waals surface area contributed by atoms with Crippen molar-refractivity contribution >= 4 is 34.2 Å². The predicted molar refractivity (Wildman–Crippen MR) is 73.5 cm³/mol. The molecule has 2 aromatic carbocycles. The first-order chi connectivity index (χ1) is 8.58. The molecule has 0 saturated carbocycles. The van der Waals surface area contributed by atoms with E-state index in [0.717, 1.165) is 9.64 Å². The number of anilines is 1. The lowest BCUT2D eigenvalue weighted by Crippen LogP contribution is -2.13. The fraction of sp³-hybridized carbons (Fsp3) is 0. The first-order valence-electron chi connectivity index (χ1n) is 5.09. The molecule has 18 heavy (non-hydrogen) atoms. The second-order valence-corrected chi connectivity index (χ2v) is 4.81. The SMILES string of the molecule is O=C(Nc1cccc(F)c1F)c1cccc(I)c1. The number of carbonyl (C=O) groups excluding carboxylic acids is 1. The average Bonchev–Trinajstić information content (AvgIpc) is 2.35. The molecule has 5 heteroatoms. The molecule has 92 valence electrons. The highest BCUT2D eigenvalue weighted by Crippen LogP contribution is 2.18. The summed E-state index contributed by atoms with van der Waals surface area (Å²) in [5.74, 6) is -2.52. The van der Waals surface area contributed by atoms with Crippen LogP contribution in [0, 0.1) is 15.2 Å². The molecule has 0 heterocycles. The van der Waals surface area contributed by atoms with Crippen molar-refractivity contribution in [2.24, 2.45) is 0 Å². The molecule has 0 aromatic heterocycles. The van der Waals surface area contributed by atoms with Gasteiger partial charge in [0, 0.05) is 9.13 Å². The smallest absolute Gasteiger partial charge is 0.255 e. The number of nitrogens with one attached hydrogen (secondary N) is 1. The zero-order chi connectivity index (χ0) is 13.1. The number of rotatable bonds is 2. The van der Waals surface area contributed by atoms with Crippen LogP contribution in [0.15, 0.2) is 42.5 Å². The van der Waals surface area contributed by atoms with Gasteiger partial charge in [0.1, 0.15) is 0 Å². The van der Waals surface area contributed by atoms with Crippen LogP contribution in [-0.4, -0.2) is 5.91 Å². The lowest BCUT2D eigenvalue weighted by atomic mass is 10.2. The van der Waals surface area contributed by atoms with Crippen LogP contribution < -0.4 is 5.32 Å². The summed E-state index contributed by atoms with van der Waals surface area (Å²) < 4.78 is 27.2. The van der Waals surface area contributed by atoms with E-state index in [1.165, 1.54) is 12.1 Å². The number of carbonyl (C=O) groups is 1. The normalized spacial score (nSPS) is 10.2. The maximum absolute atomic E-state index is 13.4. The quantitative estimate of drug-likeness (QED) is 0.812. The van der Waals surface area contributed by atoms with Gasteiger partial charge in [0.05, 0.1) is 5.69 Å². The first-order valence-corrected chi connectivity index (χ1v) is 6.17. The van der Waals surface area contributed by atoms with Crippen molar-refractivity contribution in [2.45, 2.75) is 0 Å². The minimum Gasteiger partial charge on any atom is -0.319 e. The van der Waals surface area contributed by atoms with Gasteiger partial charge in [0.15, 0.2) is 11.6 Å². The highest BCUT2D eigenvalue weighted by Gasteiger charge is 2.12. The summed E-state index contributed by atoms with van der Waals surface area (Å²) in [7, 11) is 0. The zero-order valence-corrected chi connectivity index (χ0v) is 11.2. The molecule has 0 atom stereocenters. The van der Waals surface area contributed by atoms with Crippen LogP contribution in [0.3, 0.4) is 0 Å². The summed E-state index contributed by atoms with van der Waals surface area (Å²) in [6, 6.07) is 10.5. The standard InChI is InChI=1S/C13H8F2INO/c14-10-5-2-6-11(12(10)15)17-13(18)8-3-1-4-9(16)7-8/h1-7H,(H,17,18). The second kappa shape index (κ2) is 5.43. The van der Waals surface area contributed by atoms with Crippen LogP contribution in [0.5, 0.6) is 0 Å². The number of halogens is 3. The summed E-state index contributed by atoms with van der Waals surface area (Å²) in [6.07, 6.45) is 0. The van der Waals surface area contributed by atoms with Crippen molar-refractivity contribution in [2.75, 3.05) is 5.32 Å². The molecule has 0 aliphatic carbocycles. The molecule has 2 aromatic rings. The van der Waals surface area contributed by atoms with Crippen molar-refractivity contribution in [1.29, 1.82) is 0 Å². The molecule has 0 saturated heterocycles. The average molecular weight is 359 g/mol. The molecular weight excluding hydrogens is 351 g/mol. The Labute approximate surface area is 116 Å². The first kappa shape index (κ1) is 12.9. The Hall–Kier alpha value is -1.50. The molecule has 0 fully saturated rings. The van der Waals surface area contributed by atoms with E-state index in [9.17, 15) is 13.6 Å². The Bertz CT molecular complexity index is 601. The highest BCUT2D eigenvalue weighted by molar-refractivity contribution is 14.1. The van der Waals surface area contributed by atoms with Crippen molar-refractivity contribution in [3.8, 4) is 0 Å². The van der Waals surface area contributed by atoms with Gasteiger partial charge in [-0.2, -0.15) is 0 Å². The maximum atomic E-state index is 13.4. The molecule has 2 rings (SSSR count). The summed E-state index contributed by atoms with van der Waals surface area (Å²) in [5.41, 5.74) is 0.226. The number of benzene rings is 2. The van der Waals surface area contributed by atoms with Gasteiger partial charge in [-0.25, -0.2) is 8.78 Å². The van der Waals surface area contributed by atoms with Gasteiger partial charge in [-0.15, -0.1) is 0 Å². The van der Waals surface area contributed by atoms with E-state index >= 15 is 0 Å². The third-order valence-electron chi connectivity index (χ3n) is 2.29. The molecule has 0 aliphatic heterocycles. The number of hydrogen-bond acceptors (Lipinski definition) is 1. The second-order valence-electron chi connectivity index (χ2n) is 3.57. The Morgan fingerprint density at radius 2 is 1.83 bits per heavy atom. The Morgan fingerprint density at radius 3 is 2.56 bits per heavy atom. The van der Waals surface area contributed by atoms with Gasteiger partial charge >= 0.3 is 0 Å². The molecule has 0 bridgehead atoms. The van der Waals surface area contributed by atoms with Crippen LogP contribution in [-0.2, 0) is 0 Å². The van der Waals surface area contributed by atoms with Crippen molar-refractivity contribution in [1.82, 2.24) is 0 Å². The van der Waals surface area contributed by atoms with E-state index in [1.807, 2.05) is 6.07 Å². The fourth-order valence-electron chi connectivity index (χ4n) is 1.42. The Morgan fingerprint density at radius 1 is 1.11 bits per heavy atom. The molecule has 0 aliphatic rings. The van der Waals surface area contributed by atoms with Crippen LogP contribution in [0.1, 0.15) is 10.4 Å². The maximum Gasteiger partial charge on any atom is 0.255 e. The third-order valence-corrected chi connectivity index (χ3v) is 2.96. The van der Waals surface area contributed by atoms with Gasteiger partial charge in [-0.05, 0) is 52.9 Å². The number of hydrogen-bond donors (Lipinski definition) is 1. The summed E-state index contributed by atoms with van der Waals surface area (Å²) in [5, 5.41) is 2.34. The molecule has 1 N–H and O–H groups in total. The van der Waals surface area contributed by atoms with E-state index in [-0.39, 0.29) is 5.69 Å². The van der Waals surface area contributed by atoms with E-state index < -0.39 is 17.5 Å². The van der Waals surface area contributed by atoms with Gasteiger partial charge in [0.25, 0.3) is 5.91 Å². The lowest BCUT2D eigenvalue weighted by Gasteiger charge is -2.07. The summed E-state index contributed by atoms with van der Waals surface area (Å²) in [6.45, 7) is 0. The van der Waals surface area contributed by atoms with E-state index in [4.69, 9.17) is 0 Å². The van der Waals surface area contributed by atoms with Crippen LogP contribution >= 0.6 is 22.6 Å². The van der Waals surface area contributed by atoms with Crippen LogP contribution in [0.4, 0.5) is 14.5 Å². The van der Waals surface area contributed by atoms with Crippen molar-refractivity contribution in [3.05, 3.63) is 63.2 Å². The highest BCUT2D eigenvalue weighted by atomic mass is 127. The van der Waals surface area contributed by atoms with E-state index in [1.54, 1.807) is 18.2 Å². The molecule has 0 spiro atoms. The van der Waals surface area contributed by atoms with Gasteiger partial charge in [-0.1, -0.05) is 12.1 Å². The molecule has 0 unspecified atom stereocenters. The minimum absolute atomic E-state index is 0.168. The van der Waals surface area contributed by atoms with Gasteiger partial charge in [0.2, 0.25) is 0 Å². The molecule has 2 nitrogen and oxygen atoms in total. The lowest BCUT2D eigenvalue weighted by molar-refractivity contribution is 0.102. The predicted octanol–water partition coefficient (Wildman–Crippen LogP) is 3.82. The third kappa shape index (κ3) is 2.84. The molecule has 0 radical (unpaired) electrons. The van der Waals surface area contributed by atoms with Crippen molar-refractivity contribution in [3.63, 3.8) is 0 Å². The van der Waals surface area contributed by atoms with E-state index in [2.05, 4.69) is 27.9 Å². The van der Waals surface area contributed by atoms with Gasteiger partial charge in [-0.3, -0.25) is 4.79 Å². The van der Waals surface area contributed by atoms with Crippen LogP contribution in [0.25, 0.3) is 0 Å². The zero-order valence-electron chi connectivity index (χ0n) is 9.08. The molecule has 1 amide bonds. The molecular formula is C13H8F2INO. The van der Waals surface area contributed by atoms with E-state index in [0.29, 0.717) is 5.56 Å². The van der Waals surface area contributed by atoms with Gasteiger partial charge < -0.3 is 5.32 Å². The van der Waals surface area contributed by atoms with Crippen molar-refractivity contribution < 1.29 is 13.6 Å². The fourth-order valence-corrected chi connectivity index (χ4v) is 1.97. The topological polar surface area (TPSA) is 29.1 Å². The Balaban J connectivity index is 2.24. The summed E-state index contributed by atoms with van der Waals surface area (Å²) >= 11 is 2.07. The Kier molecular flexibility index (Phi) is 3.90. The largest absolute Gasteiger partial charge is 0.319 e. The monoisotopic (exact) mass is 359 g/mol.